The Balaban J connectivity index is 1.56. The highest BCUT2D eigenvalue weighted by atomic mass is 32.1. The Morgan fingerprint density at radius 1 is 0.909 bits per heavy atom. The Morgan fingerprint density at radius 2 is 1.61 bits per heavy atom. The average Bonchev–Trinajstić information content (AvgIpc) is 2.82. The van der Waals surface area contributed by atoms with Gasteiger partial charge in [0.25, 0.3) is 5.91 Å². The minimum atomic E-state index is -0.339. The first-order valence-electron chi connectivity index (χ1n) is 10.7. The third-order valence-electron chi connectivity index (χ3n) is 5.00. The number of anilines is 2. The van der Waals surface area contributed by atoms with Crippen LogP contribution in [0.15, 0.2) is 72.8 Å². The number of amides is 2. The Labute approximate surface area is 199 Å². The molecule has 0 bridgehead atoms. The van der Waals surface area contributed by atoms with E-state index in [1.807, 2.05) is 43.3 Å². The highest BCUT2D eigenvalue weighted by molar-refractivity contribution is 7.80. The number of benzene rings is 3. The molecule has 0 saturated carbocycles. The Hall–Kier alpha value is -3.71. The number of thiocarbonyl (C=S) groups is 1. The lowest BCUT2D eigenvalue weighted by Crippen LogP contribution is -2.34. The van der Waals surface area contributed by atoms with Crippen LogP contribution in [0.2, 0.25) is 0 Å². The number of hydrogen-bond donors (Lipinski definition) is 3. The van der Waals surface area contributed by atoms with Crippen LogP contribution >= 0.6 is 12.2 Å². The molecule has 2 amide bonds. The van der Waals surface area contributed by atoms with Crippen LogP contribution in [0, 0.1) is 6.92 Å². The summed E-state index contributed by atoms with van der Waals surface area (Å²) in [4.78, 5) is 24.4. The van der Waals surface area contributed by atoms with E-state index in [9.17, 15) is 9.59 Å². The molecule has 3 N–H and O–H groups in total. The highest BCUT2D eigenvalue weighted by Gasteiger charge is 2.12. The Morgan fingerprint density at radius 3 is 2.33 bits per heavy atom. The summed E-state index contributed by atoms with van der Waals surface area (Å²) in [6.07, 6.45) is 1.17. The molecule has 0 aromatic heterocycles. The largest absolute Gasteiger partial charge is 0.493 e. The minimum absolute atomic E-state index is 0.0722. The summed E-state index contributed by atoms with van der Waals surface area (Å²) in [6.45, 7) is 4.17. The molecule has 0 saturated heterocycles. The molecule has 0 radical (unpaired) electrons. The number of carbonyl (C=O) groups excluding carboxylic acids is 2. The van der Waals surface area contributed by atoms with Gasteiger partial charge in [-0.25, -0.2) is 0 Å². The molecule has 33 heavy (non-hydrogen) atoms. The highest BCUT2D eigenvalue weighted by Crippen LogP contribution is 2.23. The molecule has 0 aliphatic rings. The van der Waals surface area contributed by atoms with Crippen molar-refractivity contribution in [1.29, 1.82) is 0 Å². The zero-order chi connectivity index (χ0) is 23.6. The molecule has 3 aromatic carbocycles. The smallest absolute Gasteiger partial charge is 0.257 e. The van der Waals surface area contributed by atoms with E-state index in [2.05, 4.69) is 28.1 Å². The molecule has 7 heteroatoms. The van der Waals surface area contributed by atoms with Gasteiger partial charge in [0, 0.05) is 29.8 Å². The summed E-state index contributed by atoms with van der Waals surface area (Å²) in [5, 5.41) is 8.73. The first kappa shape index (κ1) is 23.9. The van der Waals surface area contributed by atoms with Crippen molar-refractivity contribution in [3.05, 3.63) is 89.5 Å². The first-order chi connectivity index (χ1) is 16.0. The van der Waals surface area contributed by atoms with Crippen LogP contribution in [-0.4, -0.2) is 23.5 Å². The molecule has 6 nitrogen and oxygen atoms in total. The van der Waals surface area contributed by atoms with Crippen molar-refractivity contribution >= 4 is 40.5 Å². The summed E-state index contributed by atoms with van der Waals surface area (Å²) in [5.74, 6) is 0.207. The van der Waals surface area contributed by atoms with Gasteiger partial charge < -0.3 is 15.4 Å². The molecule has 0 aliphatic carbocycles. The van der Waals surface area contributed by atoms with Crippen LogP contribution in [-0.2, 0) is 11.2 Å². The molecule has 0 unspecified atom stereocenters. The molecular weight excluding hydrogens is 434 g/mol. The SMILES string of the molecule is CCC(=O)Nc1cccc(NC(=S)NC(=O)c2cccc(OCCc3ccccc3)c2)c1C. The predicted molar refractivity (Wildman–Crippen MR) is 136 cm³/mol. The summed E-state index contributed by atoms with van der Waals surface area (Å²) in [5.41, 5.74) is 3.85. The van der Waals surface area contributed by atoms with Gasteiger partial charge in [-0.15, -0.1) is 0 Å². The van der Waals surface area contributed by atoms with Gasteiger partial charge in [0.2, 0.25) is 5.91 Å². The zero-order valence-electron chi connectivity index (χ0n) is 18.7. The number of rotatable bonds is 8. The summed E-state index contributed by atoms with van der Waals surface area (Å²) in [7, 11) is 0. The van der Waals surface area contributed by atoms with Gasteiger partial charge in [-0.2, -0.15) is 0 Å². The van der Waals surface area contributed by atoms with Gasteiger partial charge in [0.1, 0.15) is 5.75 Å². The topological polar surface area (TPSA) is 79.5 Å². The maximum Gasteiger partial charge on any atom is 0.257 e. The molecule has 3 aromatic rings. The molecule has 0 heterocycles. The summed E-state index contributed by atoms with van der Waals surface area (Å²) >= 11 is 5.32. The maximum atomic E-state index is 12.7. The second-order valence-corrected chi connectivity index (χ2v) is 7.81. The fraction of sp³-hybridized carbons (Fsp3) is 0.192. The standard InChI is InChI=1S/C26H27N3O3S/c1-3-24(30)27-22-13-8-14-23(18(22)2)28-26(33)29-25(31)20-11-7-12-21(17-20)32-16-15-19-9-5-4-6-10-19/h4-14,17H,3,15-16H2,1-2H3,(H,27,30)(H2,28,29,31,33). The van der Waals surface area contributed by atoms with E-state index in [4.69, 9.17) is 17.0 Å². The van der Waals surface area contributed by atoms with E-state index < -0.39 is 0 Å². The number of nitrogens with one attached hydrogen (secondary N) is 3. The van der Waals surface area contributed by atoms with Crippen molar-refractivity contribution in [3.63, 3.8) is 0 Å². The van der Waals surface area contributed by atoms with Gasteiger partial charge in [-0.05, 0) is 60.6 Å². The summed E-state index contributed by atoms with van der Waals surface area (Å²) in [6, 6.07) is 22.5. The lowest BCUT2D eigenvalue weighted by molar-refractivity contribution is -0.115. The van der Waals surface area contributed by atoms with Crippen molar-refractivity contribution in [2.75, 3.05) is 17.2 Å². The van der Waals surface area contributed by atoms with Crippen LogP contribution in [0.3, 0.4) is 0 Å². The van der Waals surface area contributed by atoms with Crippen LogP contribution in [0.25, 0.3) is 0 Å². The second kappa shape index (κ2) is 11.8. The van der Waals surface area contributed by atoms with Gasteiger partial charge in [-0.3, -0.25) is 14.9 Å². The van der Waals surface area contributed by atoms with Crippen LogP contribution in [0.5, 0.6) is 5.75 Å². The second-order valence-electron chi connectivity index (χ2n) is 7.40. The van der Waals surface area contributed by atoms with E-state index in [0.29, 0.717) is 35.7 Å². The van der Waals surface area contributed by atoms with Crippen LogP contribution < -0.4 is 20.7 Å². The van der Waals surface area contributed by atoms with Crippen molar-refractivity contribution < 1.29 is 14.3 Å². The third-order valence-corrected chi connectivity index (χ3v) is 5.21. The van der Waals surface area contributed by atoms with Crippen LogP contribution in [0.4, 0.5) is 11.4 Å². The van der Waals surface area contributed by atoms with Gasteiger partial charge >= 0.3 is 0 Å². The van der Waals surface area contributed by atoms with E-state index in [1.165, 1.54) is 5.56 Å². The fourth-order valence-corrected chi connectivity index (χ4v) is 3.34. The van der Waals surface area contributed by atoms with E-state index in [0.717, 1.165) is 12.0 Å². The summed E-state index contributed by atoms with van der Waals surface area (Å²) < 4.78 is 5.81. The van der Waals surface area contributed by atoms with Crippen molar-refractivity contribution in [2.24, 2.45) is 0 Å². The zero-order valence-corrected chi connectivity index (χ0v) is 19.5. The molecular formula is C26H27N3O3S. The Bertz CT molecular complexity index is 1130. The van der Waals surface area contributed by atoms with E-state index in [1.54, 1.807) is 31.2 Å². The lowest BCUT2D eigenvalue weighted by atomic mass is 10.1. The van der Waals surface area contributed by atoms with Gasteiger partial charge in [0.15, 0.2) is 5.11 Å². The molecule has 0 fully saturated rings. The fourth-order valence-electron chi connectivity index (χ4n) is 3.13. The average molecular weight is 462 g/mol. The number of ether oxygens (including phenoxy) is 1. The monoisotopic (exact) mass is 461 g/mol. The van der Waals surface area contributed by atoms with Gasteiger partial charge in [0.05, 0.1) is 6.61 Å². The third kappa shape index (κ3) is 7.15. The predicted octanol–water partition coefficient (Wildman–Crippen LogP) is 5.09. The van der Waals surface area contributed by atoms with Crippen molar-refractivity contribution in [1.82, 2.24) is 5.32 Å². The van der Waals surface area contributed by atoms with E-state index >= 15 is 0 Å². The molecule has 170 valence electrons. The quantitative estimate of drug-likeness (QED) is 0.407. The van der Waals surface area contributed by atoms with Crippen molar-refractivity contribution in [2.45, 2.75) is 26.7 Å². The molecule has 0 aliphatic heterocycles. The van der Waals surface area contributed by atoms with Gasteiger partial charge in [-0.1, -0.05) is 49.4 Å². The number of hydrogen-bond acceptors (Lipinski definition) is 4. The minimum Gasteiger partial charge on any atom is -0.493 e. The van der Waals surface area contributed by atoms with E-state index in [-0.39, 0.29) is 16.9 Å². The molecule has 3 rings (SSSR count). The normalized spacial score (nSPS) is 10.2. The molecule has 0 atom stereocenters. The maximum absolute atomic E-state index is 12.7. The Kier molecular flexibility index (Phi) is 8.55. The molecule has 0 spiro atoms. The first-order valence-corrected chi connectivity index (χ1v) is 11.2. The van der Waals surface area contributed by atoms with Crippen LogP contribution in [0.1, 0.15) is 34.8 Å². The lowest BCUT2D eigenvalue weighted by Gasteiger charge is -2.15. The number of carbonyl (C=O) groups is 2. The van der Waals surface area contributed by atoms with Crippen molar-refractivity contribution in [3.8, 4) is 5.75 Å².